The van der Waals surface area contributed by atoms with E-state index in [-0.39, 0.29) is 30.6 Å². The van der Waals surface area contributed by atoms with Crippen molar-refractivity contribution >= 4 is 5.91 Å². The van der Waals surface area contributed by atoms with E-state index in [9.17, 15) is 9.90 Å². The number of benzene rings is 1. The number of methoxy groups -OCH3 is 1. The molecule has 36 heavy (non-hydrogen) atoms. The van der Waals surface area contributed by atoms with Gasteiger partial charge in [-0.1, -0.05) is 19.1 Å². The topological polar surface area (TPSA) is 84.4 Å². The van der Waals surface area contributed by atoms with Crippen LogP contribution in [0.3, 0.4) is 0 Å². The van der Waals surface area contributed by atoms with Crippen LogP contribution in [0.5, 0.6) is 11.6 Å². The van der Waals surface area contributed by atoms with Crippen LogP contribution in [0.15, 0.2) is 36.5 Å². The number of fused-ring (bicyclic) bond motifs is 1. The highest BCUT2D eigenvalue weighted by molar-refractivity contribution is 5.98. The molecule has 0 unspecified atom stereocenters. The van der Waals surface area contributed by atoms with Gasteiger partial charge in [-0.25, -0.2) is 4.98 Å². The van der Waals surface area contributed by atoms with Crippen molar-refractivity contribution in [3.05, 3.63) is 42.1 Å². The minimum absolute atomic E-state index is 0.0631. The minimum atomic E-state index is -0.313. The number of aliphatic hydroxyl groups excluding tert-OH is 1. The van der Waals surface area contributed by atoms with Crippen LogP contribution in [-0.4, -0.2) is 91.6 Å². The van der Waals surface area contributed by atoms with Crippen LogP contribution in [0, 0.1) is 11.8 Å². The number of hydrogen-bond acceptors (Lipinski definition) is 7. The van der Waals surface area contributed by atoms with Gasteiger partial charge < -0.3 is 29.1 Å². The number of hydrogen-bond donors (Lipinski definition) is 1. The van der Waals surface area contributed by atoms with E-state index < -0.39 is 0 Å². The molecule has 0 radical (unpaired) electrons. The van der Waals surface area contributed by atoms with Gasteiger partial charge in [-0.2, -0.15) is 0 Å². The van der Waals surface area contributed by atoms with Gasteiger partial charge in [-0.3, -0.25) is 4.79 Å². The Morgan fingerprint density at radius 2 is 2.00 bits per heavy atom. The largest absolute Gasteiger partial charge is 0.497 e. The quantitative estimate of drug-likeness (QED) is 0.599. The smallest absolute Gasteiger partial charge is 0.259 e. The minimum Gasteiger partial charge on any atom is -0.497 e. The lowest BCUT2D eigenvalue weighted by Crippen LogP contribution is -2.50. The van der Waals surface area contributed by atoms with Crippen LogP contribution in [0.25, 0.3) is 11.1 Å². The van der Waals surface area contributed by atoms with Crippen molar-refractivity contribution in [3.8, 4) is 22.8 Å². The molecule has 1 saturated heterocycles. The molecule has 3 atom stereocenters. The highest BCUT2D eigenvalue weighted by atomic mass is 16.5. The van der Waals surface area contributed by atoms with Crippen molar-refractivity contribution in [2.75, 3.05) is 53.6 Å². The molecule has 0 aliphatic carbocycles. The number of rotatable bonds is 8. The summed E-state index contributed by atoms with van der Waals surface area (Å²) in [5.74, 6) is 1.59. The van der Waals surface area contributed by atoms with Crippen LogP contribution in [0.1, 0.15) is 37.0 Å². The maximum absolute atomic E-state index is 13.7. The molecule has 2 aliphatic rings. The zero-order valence-corrected chi connectivity index (χ0v) is 21.9. The molecule has 1 aromatic heterocycles. The number of aliphatic hydroxyl groups is 1. The standard InChI is InChI=1S/C28H39N3O5/c1-19-15-31(20(2)18-32)28(33)25-13-23(22-6-5-7-24(12-22)34-4)14-29-27(25)36-26(19)17-30(3)16-21-8-10-35-11-9-21/h5-7,12-14,19-21,26,32H,8-11,15-18H2,1-4H3/t19-,20+,26+/m0/s1. The van der Waals surface area contributed by atoms with E-state index in [1.807, 2.05) is 37.3 Å². The monoisotopic (exact) mass is 497 g/mol. The molecule has 1 amide bonds. The molecule has 1 fully saturated rings. The summed E-state index contributed by atoms with van der Waals surface area (Å²) in [6, 6.07) is 9.20. The summed E-state index contributed by atoms with van der Waals surface area (Å²) in [4.78, 5) is 22.4. The zero-order chi connectivity index (χ0) is 25.7. The third kappa shape index (κ3) is 6.17. The summed E-state index contributed by atoms with van der Waals surface area (Å²) in [5, 5.41) is 9.91. The lowest BCUT2D eigenvalue weighted by Gasteiger charge is -2.38. The molecule has 1 aromatic carbocycles. The fraction of sp³-hybridized carbons (Fsp3) is 0.571. The Kier molecular flexibility index (Phi) is 8.82. The van der Waals surface area contributed by atoms with Crippen molar-refractivity contribution in [2.45, 2.75) is 38.8 Å². The molecule has 8 nitrogen and oxygen atoms in total. The van der Waals surface area contributed by atoms with Crippen molar-refractivity contribution in [1.82, 2.24) is 14.8 Å². The number of ether oxygens (including phenoxy) is 3. The number of aromatic nitrogens is 1. The Labute approximate surface area is 214 Å². The average molecular weight is 498 g/mol. The first-order valence-corrected chi connectivity index (χ1v) is 12.9. The molecular formula is C28H39N3O5. The first-order chi connectivity index (χ1) is 17.4. The second-order valence-electron chi connectivity index (χ2n) is 10.2. The van der Waals surface area contributed by atoms with E-state index in [1.165, 1.54) is 0 Å². The molecule has 0 spiro atoms. The fourth-order valence-electron chi connectivity index (χ4n) is 5.03. The third-order valence-corrected chi connectivity index (χ3v) is 7.33. The Morgan fingerprint density at radius 1 is 1.22 bits per heavy atom. The van der Waals surface area contributed by atoms with E-state index in [1.54, 1.807) is 18.2 Å². The maximum atomic E-state index is 13.7. The molecule has 3 heterocycles. The number of carbonyl (C=O) groups is 1. The Balaban J connectivity index is 1.63. The van der Waals surface area contributed by atoms with E-state index in [0.717, 1.165) is 56.0 Å². The second-order valence-corrected chi connectivity index (χ2v) is 10.2. The average Bonchev–Trinajstić information content (AvgIpc) is 2.90. The Hall–Kier alpha value is -2.68. The van der Waals surface area contributed by atoms with Crippen LogP contribution in [0.4, 0.5) is 0 Å². The van der Waals surface area contributed by atoms with Crippen molar-refractivity contribution < 1.29 is 24.1 Å². The van der Waals surface area contributed by atoms with Crippen LogP contribution < -0.4 is 9.47 Å². The van der Waals surface area contributed by atoms with Crippen molar-refractivity contribution in [2.24, 2.45) is 11.8 Å². The second kappa shape index (κ2) is 12.0. The van der Waals surface area contributed by atoms with Gasteiger partial charge in [0.2, 0.25) is 5.88 Å². The summed E-state index contributed by atoms with van der Waals surface area (Å²) in [5.41, 5.74) is 2.13. The van der Waals surface area contributed by atoms with Gasteiger partial charge in [-0.15, -0.1) is 0 Å². The number of amides is 1. The van der Waals surface area contributed by atoms with Gasteiger partial charge in [0.25, 0.3) is 5.91 Å². The molecule has 1 N–H and O–H groups in total. The third-order valence-electron chi connectivity index (χ3n) is 7.33. The molecular weight excluding hydrogens is 458 g/mol. The predicted octanol–water partition coefficient (Wildman–Crippen LogP) is 3.34. The van der Waals surface area contributed by atoms with Crippen LogP contribution >= 0.6 is 0 Å². The van der Waals surface area contributed by atoms with Gasteiger partial charge in [0, 0.05) is 50.5 Å². The van der Waals surface area contributed by atoms with Crippen LogP contribution in [0.2, 0.25) is 0 Å². The van der Waals surface area contributed by atoms with Crippen molar-refractivity contribution in [1.29, 1.82) is 0 Å². The van der Waals surface area contributed by atoms with E-state index in [4.69, 9.17) is 14.2 Å². The summed E-state index contributed by atoms with van der Waals surface area (Å²) in [6.07, 6.45) is 3.76. The van der Waals surface area contributed by atoms with Gasteiger partial charge in [0.15, 0.2) is 0 Å². The first kappa shape index (κ1) is 26.4. The van der Waals surface area contributed by atoms with Gasteiger partial charge in [0.05, 0.1) is 19.8 Å². The Bertz CT molecular complexity index is 1030. The first-order valence-electron chi connectivity index (χ1n) is 12.9. The van der Waals surface area contributed by atoms with Crippen molar-refractivity contribution in [3.63, 3.8) is 0 Å². The van der Waals surface area contributed by atoms with Crippen LogP contribution in [-0.2, 0) is 4.74 Å². The molecule has 0 saturated carbocycles. The number of likely N-dealkylation sites (N-methyl/N-ethyl adjacent to an activating group) is 1. The molecule has 8 heteroatoms. The van der Waals surface area contributed by atoms with E-state index >= 15 is 0 Å². The highest BCUT2D eigenvalue weighted by Gasteiger charge is 2.34. The maximum Gasteiger partial charge on any atom is 0.259 e. The lowest BCUT2D eigenvalue weighted by molar-refractivity contribution is 0.0254. The molecule has 2 aliphatic heterocycles. The SMILES string of the molecule is COc1cccc(-c2cnc3c(c2)C(=O)N([C@H](C)CO)C[C@H](C)[C@@H](CN(C)CC2CCOCC2)O3)c1. The van der Waals surface area contributed by atoms with E-state index in [0.29, 0.717) is 23.9 Å². The molecule has 196 valence electrons. The normalized spacial score (nSPS) is 21.9. The molecule has 0 bridgehead atoms. The van der Waals surface area contributed by atoms with Gasteiger partial charge in [0.1, 0.15) is 17.4 Å². The molecule has 2 aromatic rings. The number of carbonyl (C=O) groups excluding carboxylic acids is 1. The zero-order valence-electron chi connectivity index (χ0n) is 21.9. The molecule has 4 rings (SSSR count). The summed E-state index contributed by atoms with van der Waals surface area (Å²) in [7, 11) is 3.76. The summed E-state index contributed by atoms with van der Waals surface area (Å²) < 4.78 is 17.3. The Morgan fingerprint density at radius 3 is 2.72 bits per heavy atom. The highest BCUT2D eigenvalue weighted by Crippen LogP contribution is 2.31. The summed E-state index contributed by atoms with van der Waals surface area (Å²) in [6.45, 7) is 7.75. The lowest BCUT2D eigenvalue weighted by atomic mass is 9.97. The van der Waals surface area contributed by atoms with Gasteiger partial charge >= 0.3 is 0 Å². The van der Waals surface area contributed by atoms with Gasteiger partial charge in [-0.05, 0) is 56.5 Å². The number of pyridine rings is 1. The number of nitrogens with zero attached hydrogens (tertiary/aromatic N) is 3. The van der Waals surface area contributed by atoms with E-state index in [2.05, 4.69) is 23.9 Å². The summed E-state index contributed by atoms with van der Waals surface area (Å²) >= 11 is 0. The fourth-order valence-corrected chi connectivity index (χ4v) is 5.03. The predicted molar refractivity (Wildman–Crippen MR) is 138 cm³/mol.